The normalized spacial score (nSPS) is 13.6. The minimum atomic E-state index is -0.192. The molecular weight excluding hydrogens is 334 g/mol. The maximum Gasteiger partial charge on any atom is 0.261 e. The van der Waals surface area contributed by atoms with Gasteiger partial charge in [0.15, 0.2) is 0 Å². The lowest BCUT2D eigenvalue weighted by Gasteiger charge is -2.14. The highest BCUT2D eigenvalue weighted by atomic mass is 16.2. The Morgan fingerprint density at radius 1 is 0.593 bits per heavy atom. The second-order valence-corrected chi connectivity index (χ2v) is 6.94. The van der Waals surface area contributed by atoms with Crippen LogP contribution in [0.4, 0.5) is 0 Å². The van der Waals surface area contributed by atoms with Crippen molar-refractivity contribution < 1.29 is 9.59 Å². The number of fused-ring (bicyclic) bond motifs is 3. The predicted molar refractivity (Wildman–Crippen MR) is 107 cm³/mol. The molecule has 0 atom stereocenters. The number of amides is 2. The van der Waals surface area contributed by atoms with Crippen LogP contribution < -0.4 is 0 Å². The highest BCUT2D eigenvalue weighted by Gasteiger charge is 2.34. The van der Waals surface area contributed by atoms with Crippen molar-refractivity contribution in [2.75, 3.05) is 6.54 Å². The van der Waals surface area contributed by atoms with Crippen molar-refractivity contribution in [3.05, 3.63) is 95.6 Å². The molecule has 4 aromatic carbocycles. The molecule has 0 fully saturated rings. The molecule has 0 aliphatic carbocycles. The van der Waals surface area contributed by atoms with E-state index in [4.69, 9.17) is 0 Å². The van der Waals surface area contributed by atoms with E-state index in [2.05, 4.69) is 42.5 Å². The summed E-state index contributed by atoms with van der Waals surface area (Å²) in [6.45, 7) is 0.394. The van der Waals surface area contributed by atoms with Gasteiger partial charge in [0.05, 0.1) is 11.1 Å². The van der Waals surface area contributed by atoms with Gasteiger partial charge in [-0.1, -0.05) is 54.6 Å². The summed E-state index contributed by atoms with van der Waals surface area (Å²) < 4.78 is 0. The maximum atomic E-state index is 12.5. The van der Waals surface area contributed by atoms with Crippen LogP contribution in [0.1, 0.15) is 26.3 Å². The van der Waals surface area contributed by atoms with Crippen molar-refractivity contribution in [3.63, 3.8) is 0 Å². The number of rotatable bonds is 3. The minimum absolute atomic E-state index is 0.192. The monoisotopic (exact) mass is 351 g/mol. The highest BCUT2D eigenvalue weighted by Crippen LogP contribution is 2.25. The van der Waals surface area contributed by atoms with Gasteiger partial charge < -0.3 is 0 Å². The summed E-state index contributed by atoms with van der Waals surface area (Å²) in [6.07, 6.45) is 0.647. The van der Waals surface area contributed by atoms with Crippen LogP contribution in [0.3, 0.4) is 0 Å². The molecule has 4 aromatic rings. The Balaban J connectivity index is 1.41. The van der Waals surface area contributed by atoms with Crippen molar-refractivity contribution in [3.8, 4) is 0 Å². The van der Waals surface area contributed by atoms with Crippen LogP contribution in [0.2, 0.25) is 0 Å². The lowest BCUT2D eigenvalue weighted by atomic mass is 10.0. The van der Waals surface area contributed by atoms with E-state index in [-0.39, 0.29) is 11.8 Å². The molecule has 1 aliphatic rings. The molecule has 3 heteroatoms. The van der Waals surface area contributed by atoms with Crippen LogP contribution in [-0.4, -0.2) is 23.3 Å². The number of hydrogen-bond donors (Lipinski definition) is 0. The third kappa shape index (κ3) is 2.59. The molecular formula is C24H17NO2. The zero-order chi connectivity index (χ0) is 18.4. The molecule has 130 valence electrons. The summed E-state index contributed by atoms with van der Waals surface area (Å²) >= 11 is 0. The quantitative estimate of drug-likeness (QED) is 0.391. The summed E-state index contributed by atoms with van der Waals surface area (Å²) in [5, 5.41) is 4.80. The van der Waals surface area contributed by atoms with Crippen molar-refractivity contribution >= 4 is 33.4 Å². The number of hydrogen-bond acceptors (Lipinski definition) is 2. The molecule has 0 N–H and O–H groups in total. The largest absolute Gasteiger partial charge is 0.274 e. The molecule has 1 heterocycles. The Bertz CT molecular complexity index is 1190. The average molecular weight is 351 g/mol. The topological polar surface area (TPSA) is 37.4 Å². The first-order valence-electron chi connectivity index (χ1n) is 9.07. The van der Waals surface area contributed by atoms with Gasteiger partial charge in [0, 0.05) is 6.54 Å². The molecule has 0 saturated carbocycles. The molecule has 0 bridgehead atoms. The number of benzene rings is 4. The molecule has 0 spiro atoms. The van der Waals surface area contributed by atoms with Gasteiger partial charge in [-0.2, -0.15) is 0 Å². The van der Waals surface area contributed by atoms with E-state index in [0.717, 1.165) is 5.56 Å². The minimum Gasteiger partial charge on any atom is -0.274 e. The Morgan fingerprint density at radius 3 is 1.81 bits per heavy atom. The van der Waals surface area contributed by atoms with Crippen molar-refractivity contribution in [2.45, 2.75) is 6.42 Å². The maximum absolute atomic E-state index is 12.5. The fraction of sp³-hybridized carbons (Fsp3) is 0.0833. The third-order valence-corrected chi connectivity index (χ3v) is 5.27. The zero-order valence-electron chi connectivity index (χ0n) is 14.7. The number of imide groups is 1. The molecule has 5 rings (SSSR count). The van der Waals surface area contributed by atoms with Crippen LogP contribution in [0.5, 0.6) is 0 Å². The Hall–Kier alpha value is -3.46. The lowest BCUT2D eigenvalue weighted by molar-refractivity contribution is 0.0656. The van der Waals surface area contributed by atoms with E-state index in [9.17, 15) is 9.59 Å². The van der Waals surface area contributed by atoms with E-state index in [0.29, 0.717) is 24.1 Å². The van der Waals surface area contributed by atoms with Gasteiger partial charge in [-0.3, -0.25) is 14.5 Å². The molecule has 27 heavy (non-hydrogen) atoms. The third-order valence-electron chi connectivity index (χ3n) is 5.27. The van der Waals surface area contributed by atoms with Gasteiger partial charge in [0.1, 0.15) is 0 Å². The highest BCUT2D eigenvalue weighted by molar-refractivity contribution is 6.21. The summed E-state index contributed by atoms with van der Waals surface area (Å²) in [5.41, 5.74) is 2.13. The fourth-order valence-electron chi connectivity index (χ4n) is 3.83. The zero-order valence-corrected chi connectivity index (χ0v) is 14.7. The van der Waals surface area contributed by atoms with E-state index in [1.807, 2.05) is 12.1 Å². The standard InChI is InChI=1S/C24H17NO2/c26-23-21-7-3-4-8-22(21)24(27)25(23)12-11-16-9-10-19-14-17-5-1-2-6-18(17)15-20(19)13-16/h1-10,13-15H,11-12H2. The fourth-order valence-corrected chi connectivity index (χ4v) is 3.83. The van der Waals surface area contributed by atoms with Crippen molar-refractivity contribution in [2.24, 2.45) is 0 Å². The van der Waals surface area contributed by atoms with Crippen LogP contribution >= 0.6 is 0 Å². The Morgan fingerprint density at radius 2 is 1.15 bits per heavy atom. The first kappa shape index (κ1) is 15.8. The van der Waals surface area contributed by atoms with Crippen molar-refractivity contribution in [1.29, 1.82) is 0 Å². The molecule has 0 aromatic heterocycles. The molecule has 0 radical (unpaired) electrons. The van der Waals surface area contributed by atoms with Gasteiger partial charge in [0.2, 0.25) is 0 Å². The SMILES string of the molecule is O=C1c2ccccc2C(=O)N1CCc1ccc2cc3ccccc3cc2c1. The van der Waals surface area contributed by atoms with Gasteiger partial charge >= 0.3 is 0 Å². The van der Waals surface area contributed by atoms with Crippen LogP contribution in [0, 0.1) is 0 Å². The summed E-state index contributed by atoms with van der Waals surface area (Å²) in [5.74, 6) is -0.384. The number of nitrogens with zero attached hydrogens (tertiary/aromatic N) is 1. The lowest BCUT2D eigenvalue weighted by Crippen LogP contribution is -2.31. The van der Waals surface area contributed by atoms with E-state index in [1.54, 1.807) is 24.3 Å². The molecule has 1 aliphatic heterocycles. The van der Waals surface area contributed by atoms with E-state index >= 15 is 0 Å². The number of carbonyl (C=O) groups is 2. The van der Waals surface area contributed by atoms with Gasteiger partial charge in [0.25, 0.3) is 11.8 Å². The van der Waals surface area contributed by atoms with Gasteiger partial charge in [-0.05, 0) is 57.8 Å². The van der Waals surface area contributed by atoms with Gasteiger partial charge in [-0.15, -0.1) is 0 Å². The van der Waals surface area contributed by atoms with E-state index in [1.165, 1.54) is 26.4 Å². The van der Waals surface area contributed by atoms with E-state index < -0.39 is 0 Å². The van der Waals surface area contributed by atoms with Crippen molar-refractivity contribution in [1.82, 2.24) is 4.90 Å². The Labute approximate surface area is 156 Å². The number of carbonyl (C=O) groups excluding carboxylic acids is 2. The smallest absolute Gasteiger partial charge is 0.261 e. The molecule has 2 amide bonds. The second-order valence-electron chi connectivity index (χ2n) is 6.94. The molecule has 3 nitrogen and oxygen atoms in total. The summed E-state index contributed by atoms with van der Waals surface area (Å²) in [7, 11) is 0. The van der Waals surface area contributed by atoms with Crippen LogP contribution in [0.15, 0.2) is 78.9 Å². The Kier molecular flexibility index (Phi) is 3.54. The second kappa shape index (κ2) is 6.06. The predicted octanol–water partition coefficient (Wildman–Crippen LogP) is 4.83. The molecule has 0 unspecified atom stereocenters. The van der Waals surface area contributed by atoms with Crippen LogP contribution in [-0.2, 0) is 6.42 Å². The summed E-state index contributed by atoms with van der Waals surface area (Å²) in [6, 6.07) is 26.1. The molecule has 0 saturated heterocycles. The first-order chi connectivity index (χ1) is 13.2. The average Bonchev–Trinajstić information content (AvgIpc) is 2.95. The summed E-state index contributed by atoms with van der Waals surface area (Å²) in [4.78, 5) is 26.3. The van der Waals surface area contributed by atoms with Gasteiger partial charge in [-0.25, -0.2) is 0 Å². The van der Waals surface area contributed by atoms with Crippen LogP contribution in [0.25, 0.3) is 21.5 Å². The first-order valence-corrected chi connectivity index (χ1v) is 9.07.